The van der Waals surface area contributed by atoms with E-state index in [1.165, 1.54) is 11.1 Å². The Morgan fingerprint density at radius 3 is 2.82 bits per heavy atom. The zero-order chi connectivity index (χ0) is 15.5. The van der Waals surface area contributed by atoms with E-state index >= 15 is 0 Å². The minimum atomic E-state index is 0.235. The molecule has 1 aromatic heterocycles. The summed E-state index contributed by atoms with van der Waals surface area (Å²) in [5.41, 5.74) is 9.54. The molecule has 0 saturated carbocycles. The van der Waals surface area contributed by atoms with Gasteiger partial charge in [-0.3, -0.25) is 0 Å². The Bertz CT molecular complexity index is 782. The predicted molar refractivity (Wildman–Crippen MR) is 91.8 cm³/mol. The molecule has 1 unspecified atom stereocenters. The van der Waals surface area contributed by atoms with Gasteiger partial charge in [0.1, 0.15) is 5.75 Å². The number of H-pyrrole nitrogens is 1. The number of nitrogens with one attached hydrogen (secondary N) is 1. The van der Waals surface area contributed by atoms with Crippen LogP contribution in [0.5, 0.6) is 5.75 Å². The van der Waals surface area contributed by atoms with E-state index in [2.05, 4.69) is 17.1 Å². The van der Waals surface area contributed by atoms with Gasteiger partial charge in [0.05, 0.1) is 7.11 Å². The maximum absolute atomic E-state index is 6.08. The second-order valence-electron chi connectivity index (χ2n) is 5.42. The number of aromatic amines is 1. The van der Waals surface area contributed by atoms with Gasteiger partial charge in [-0.05, 0) is 54.4 Å². The van der Waals surface area contributed by atoms with E-state index in [9.17, 15) is 0 Å². The van der Waals surface area contributed by atoms with Gasteiger partial charge in [-0.2, -0.15) is 0 Å². The lowest BCUT2D eigenvalue weighted by atomic mass is 9.92. The van der Waals surface area contributed by atoms with Crippen molar-refractivity contribution < 1.29 is 4.74 Å². The Hall–Kier alpha value is -1.97. The zero-order valence-electron chi connectivity index (χ0n) is 12.5. The second-order valence-corrected chi connectivity index (χ2v) is 5.86. The average Bonchev–Trinajstić information content (AvgIpc) is 2.95. The molecule has 1 atom stereocenters. The lowest BCUT2D eigenvalue weighted by molar-refractivity contribution is 0.415. The Morgan fingerprint density at radius 1 is 1.23 bits per heavy atom. The van der Waals surface area contributed by atoms with Gasteiger partial charge in [0.2, 0.25) is 0 Å². The zero-order valence-corrected chi connectivity index (χ0v) is 13.2. The highest BCUT2D eigenvalue weighted by Crippen LogP contribution is 2.30. The van der Waals surface area contributed by atoms with E-state index in [0.29, 0.717) is 6.54 Å². The first-order chi connectivity index (χ1) is 10.7. The largest absolute Gasteiger partial charge is 0.497 e. The number of methoxy groups -OCH3 is 1. The third kappa shape index (κ3) is 2.96. The van der Waals surface area contributed by atoms with Crippen LogP contribution in [0.1, 0.15) is 17.0 Å². The van der Waals surface area contributed by atoms with Crippen LogP contribution in [0.15, 0.2) is 48.7 Å². The summed E-state index contributed by atoms with van der Waals surface area (Å²) in [6.07, 6.45) is 2.91. The number of rotatable bonds is 5. The Kier molecular flexibility index (Phi) is 4.36. The summed E-state index contributed by atoms with van der Waals surface area (Å²) in [5.74, 6) is 1.09. The maximum atomic E-state index is 6.08. The van der Waals surface area contributed by atoms with Crippen molar-refractivity contribution in [3.8, 4) is 5.75 Å². The van der Waals surface area contributed by atoms with Crippen LogP contribution in [-0.4, -0.2) is 18.6 Å². The molecule has 1 heterocycles. The van der Waals surface area contributed by atoms with Crippen LogP contribution in [0.2, 0.25) is 5.02 Å². The van der Waals surface area contributed by atoms with Crippen molar-refractivity contribution in [1.29, 1.82) is 0 Å². The first-order valence-corrected chi connectivity index (χ1v) is 7.68. The summed E-state index contributed by atoms with van der Waals surface area (Å²) in [7, 11) is 1.68. The number of fused-ring (bicyclic) bond motifs is 1. The van der Waals surface area contributed by atoms with E-state index in [0.717, 1.165) is 28.1 Å². The summed E-state index contributed by atoms with van der Waals surface area (Å²) in [6.45, 7) is 0.580. The van der Waals surface area contributed by atoms with Crippen molar-refractivity contribution in [1.82, 2.24) is 4.98 Å². The summed E-state index contributed by atoms with van der Waals surface area (Å²) in [4.78, 5) is 3.31. The molecule has 114 valence electrons. The molecule has 2 aromatic carbocycles. The SMILES string of the molecule is COc1ccc2[nH]cc(C(CN)Cc3cccc(Cl)c3)c2c1. The first-order valence-electron chi connectivity index (χ1n) is 7.31. The highest BCUT2D eigenvalue weighted by atomic mass is 35.5. The van der Waals surface area contributed by atoms with Gasteiger partial charge in [0.25, 0.3) is 0 Å². The van der Waals surface area contributed by atoms with Crippen molar-refractivity contribution in [2.75, 3.05) is 13.7 Å². The van der Waals surface area contributed by atoms with Gasteiger partial charge in [0.15, 0.2) is 0 Å². The van der Waals surface area contributed by atoms with Gasteiger partial charge >= 0.3 is 0 Å². The fourth-order valence-electron chi connectivity index (χ4n) is 2.85. The van der Waals surface area contributed by atoms with Crippen LogP contribution in [0.25, 0.3) is 10.9 Å². The van der Waals surface area contributed by atoms with Crippen molar-refractivity contribution >= 4 is 22.5 Å². The molecule has 0 aliphatic rings. The smallest absolute Gasteiger partial charge is 0.119 e. The van der Waals surface area contributed by atoms with E-state index in [-0.39, 0.29) is 5.92 Å². The van der Waals surface area contributed by atoms with Crippen molar-refractivity contribution in [2.45, 2.75) is 12.3 Å². The fraction of sp³-hybridized carbons (Fsp3) is 0.222. The minimum Gasteiger partial charge on any atom is -0.497 e. The molecule has 0 spiro atoms. The van der Waals surface area contributed by atoms with Gasteiger partial charge in [-0.1, -0.05) is 23.7 Å². The normalized spacial score (nSPS) is 12.5. The second kappa shape index (κ2) is 6.42. The van der Waals surface area contributed by atoms with Crippen LogP contribution in [0.3, 0.4) is 0 Å². The van der Waals surface area contributed by atoms with Gasteiger partial charge < -0.3 is 15.5 Å². The number of aromatic nitrogens is 1. The fourth-order valence-corrected chi connectivity index (χ4v) is 3.07. The molecule has 0 aliphatic carbocycles. The molecule has 0 amide bonds. The molecule has 3 N–H and O–H groups in total. The Labute approximate surface area is 135 Å². The van der Waals surface area contributed by atoms with Crippen molar-refractivity contribution in [3.63, 3.8) is 0 Å². The highest BCUT2D eigenvalue weighted by Gasteiger charge is 2.16. The summed E-state index contributed by atoms with van der Waals surface area (Å²) in [5, 5.41) is 1.92. The lowest BCUT2D eigenvalue weighted by Gasteiger charge is -2.15. The molecule has 0 bridgehead atoms. The van der Waals surface area contributed by atoms with Gasteiger partial charge in [0, 0.05) is 28.0 Å². The first kappa shape index (κ1) is 14.9. The van der Waals surface area contributed by atoms with Crippen LogP contribution < -0.4 is 10.5 Å². The number of benzene rings is 2. The van der Waals surface area contributed by atoms with Crippen molar-refractivity contribution in [3.05, 3.63) is 64.8 Å². The van der Waals surface area contributed by atoms with Crippen LogP contribution >= 0.6 is 11.6 Å². The van der Waals surface area contributed by atoms with Gasteiger partial charge in [-0.25, -0.2) is 0 Å². The minimum absolute atomic E-state index is 0.235. The topological polar surface area (TPSA) is 51.0 Å². The summed E-state index contributed by atoms with van der Waals surface area (Å²) in [6, 6.07) is 14.0. The van der Waals surface area contributed by atoms with Crippen LogP contribution in [0.4, 0.5) is 0 Å². The molecule has 22 heavy (non-hydrogen) atoms. The van der Waals surface area contributed by atoms with E-state index in [1.807, 2.05) is 36.5 Å². The molecular weight excluding hydrogens is 296 g/mol. The molecule has 3 aromatic rings. The molecule has 0 saturated heterocycles. The van der Waals surface area contributed by atoms with Gasteiger partial charge in [-0.15, -0.1) is 0 Å². The number of hydrogen-bond acceptors (Lipinski definition) is 2. The maximum Gasteiger partial charge on any atom is 0.119 e. The monoisotopic (exact) mass is 314 g/mol. The Morgan fingerprint density at radius 2 is 2.09 bits per heavy atom. The van der Waals surface area contributed by atoms with E-state index in [4.69, 9.17) is 22.1 Å². The van der Waals surface area contributed by atoms with Crippen LogP contribution in [-0.2, 0) is 6.42 Å². The lowest BCUT2D eigenvalue weighted by Crippen LogP contribution is -2.14. The average molecular weight is 315 g/mol. The van der Waals surface area contributed by atoms with Crippen LogP contribution in [0, 0.1) is 0 Å². The third-order valence-corrected chi connectivity index (χ3v) is 4.25. The molecule has 0 radical (unpaired) electrons. The molecule has 3 rings (SSSR count). The predicted octanol–water partition coefficient (Wildman–Crippen LogP) is 4.11. The number of halogens is 1. The summed E-state index contributed by atoms with van der Waals surface area (Å²) >= 11 is 6.08. The summed E-state index contributed by atoms with van der Waals surface area (Å²) < 4.78 is 5.33. The molecular formula is C18H19ClN2O. The number of hydrogen-bond donors (Lipinski definition) is 2. The third-order valence-electron chi connectivity index (χ3n) is 4.02. The highest BCUT2D eigenvalue weighted by molar-refractivity contribution is 6.30. The number of nitrogens with two attached hydrogens (primary N) is 1. The molecule has 3 nitrogen and oxygen atoms in total. The van der Waals surface area contributed by atoms with E-state index < -0.39 is 0 Å². The molecule has 0 aliphatic heterocycles. The van der Waals surface area contributed by atoms with E-state index in [1.54, 1.807) is 7.11 Å². The number of ether oxygens (including phenoxy) is 1. The molecule has 0 fully saturated rings. The molecule has 4 heteroatoms. The quantitative estimate of drug-likeness (QED) is 0.744. The Balaban J connectivity index is 1.96. The van der Waals surface area contributed by atoms with Crippen molar-refractivity contribution in [2.24, 2.45) is 5.73 Å². The standard InChI is InChI=1S/C18H19ClN2O/c1-22-15-5-6-18-16(9-15)17(11-21-18)13(10-20)7-12-3-2-4-14(19)8-12/h2-6,8-9,11,13,21H,7,10,20H2,1H3.